The quantitative estimate of drug-likeness (QED) is 0.570. The fourth-order valence-corrected chi connectivity index (χ4v) is 4.40. The number of piperazine rings is 1. The van der Waals surface area contributed by atoms with Crippen molar-refractivity contribution in [3.05, 3.63) is 54.1 Å². The van der Waals surface area contributed by atoms with Gasteiger partial charge >= 0.3 is 0 Å². The average molecular weight is 414 g/mol. The normalized spacial score (nSPS) is 15.6. The number of sulfone groups is 1. The Morgan fingerprint density at radius 2 is 1.69 bits per heavy atom. The molecule has 29 heavy (non-hydrogen) atoms. The van der Waals surface area contributed by atoms with Crippen LogP contribution in [0, 0.1) is 6.92 Å². The first-order valence-corrected chi connectivity index (χ1v) is 11.0. The van der Waals surface area contributed by atoms with Crippen molar-refractivity contribution in [2.75, 3.05) is 31.1 Å². The minimum atomic E-state index is -3.53. The highest BCUT2D eigenvalue weighted by Gasteiger charge is 2.23. The van der Waals surface area contributed by atoms with Crippen LogP contribution in [0.3, 0.4) is 0 Å². The third-order valence-corrected chi connectivity index (χ3v) is 6.43. The summed E-state index contributed by atoms with van der Waals surface area (Å²) < 4.78 is 26.8. The summed E-state index contributed by atoms with van der Waals surface area (Å²) >= 11 is 0. The van der Waals surface area contributed by atoms with Gasteiger partial charge in [-0.05, 0) is 35.5 Å². The number of tetrazole rings is 1. The van der Waals surface area contributed by atoms with Crippen LogP contribution in [0.4, 0.5) is 5.95 Å². The lowest BCUT2D eigenvalue weighted by Crippen LogP contribution is -2.46. The van der Waals surface area contributed by atoms with Crippen molar-refractivity contribution in [2.45, 2.75) is 24.2 Å². The SMILES string of the molecule is Cc1ccc(S(=O)(=O)Cn2nnnc2CN2CCN(c3ncccn3)CC2)cc1. The number of rotatable bonds is 6. The Hall–Kier alpha value is -2.92. The Bertz CT molecular complexity index is 1040. The van der Waals surface area contributed by atoms with E-state index in [1.54, 1.807) is 42.7 Å². The predicted molar refractivity (Wildman–Crippen MR) is 106 cm³/mol. The molecule has 0 aliphatic carbocycles. The summed E-state index contributed by atoms with van der Waals surface area (Å²) in [4.78, 5) is 13.2. The number of hydrogen-bond acceptors (Lipinski definition) is 9. The van der Waals surface area contributed by atoms with Crippen LogP contribution in [0.5, 0.6) is 0 Å². The summed E-state index contributed by atoms with van der Waals surface area (Å²) in [7, 11) is -3.53. The van der Waals surface area contributed by atoms with E-state index in [0.717, 1.165) is 37.7 Å². The van der Waals surface area contributed by atoms with E-state index in [0.29, 0.717) is 12.4 Å². The molecule has 3 heterocycles. The Morgan fingerprint density at radius 1 is 1.00 bits per heavy atom. The van der Waals surface area contributed by atoms with E-state index in [1.807, 2.05) is 6.92 Å². The highest BCUT2D eigenvalue weighted by molar-refractivity contribution is 7.90. The molecule has 11 heteroatoms. The highest BCUT2D eigenvalue weighted by Crippen LogP contribution is 2.15. The Labute approximate surface area is 169 Å². The smallest absolute Gasteiger partial charge is 0.225 e. The van der Waals surface area contributed by atoms with Gasteiger partial charge in [0, 0.05) is 38.6 Å². The van der Waals surface area contributed by atoms with Crippen molar-refractivity contribution >= 4 is 15.8 Å². The van der Waals surface area contributed by atoms with Gasteiger partial charge in [-0.25, -0.2) is 23.1 Å². The van der Waals surface area contributed by atoms with E-state index < -0.39 is 9.84 Å². The monoisotopic (exact) mass is 414 g/mol. The third-order valence-electron chi connectivity index (χ3n) is 4.85. The third kappa shape index (κ3) is 4.57. The van der Waals surface area contributed by atoms with Crippen LogP contribution in [-0.2, 0) is 22.3 Å². The molecule has 0 bridgehead atoms. The van der Waals surface area contributed by atoms with E-state index >= 15 is 0 Å². The minimum Gasteiger partial charge on any atom is -0.338 e. The second-order valence-electron chi connectivity index (χ2n) is 6.96. The molecular formula is C18H22N8O2S. The van der Waals surface area contributed by atoms with E-state index in [-0.39, 0.29) is 10.8 Å². The topological polar surface area (TPSA) is 110 Å². The molecule has 0 unspecified atom stereocenters. The maximum absolute atomic E-state index is 12.7. The number of anilines is 1. The zero-order valence-electron chi connectivity index (χ0n) is 16.1. The largest absolute Gasteiger partial charge is 0.338 e. The van der Waals surface area contributed by atoms with Crippen molar-refractivity contribution in [1.82, 2.24) is 35.1 Å². The molecule has 1 fully saturated rings. The van der Waals surface area contributed by atoms with Gasteiger partial charge in [0.05, 0.1) is 11.4 Å². The van der Waals surface area contributed by atoms with Gasteiger partial charge in [0.15, 0.2) is 21.5 Å². The van der Waals surface area contributed by atoms with Crippen LogP contribution >= 0.6 is 0 Å². The van der Waals surface area contributed by atoms with Gasteiger partial charge in [-0.1, -0.05) is 17.7 Å². The van der Waals surface area contributed by atoms with Crippen molar-refractivity contribution in [3.63, 3.8) is 0 Å². The molecule has 2 aromatic heterocycles. The molecule has 0 spiro atoms. The van der Waals surface area contributed by atoms with Crippen LogP contribution in [0.1, 0.15) is 11.4 Å². The van der Waals surface area contributed by atoms with Gasteiger partial charge in [-0.3, -0.25) is 4.90 Å². The fourth-order valence-electron chi connectivity index (χ4n) is 3.18. The van der Waals surface area contributed by atoms with Crippen LogP contribution in [0.25, 0.3) is 0 Å². The molecule has 0 saturated carbocycles. The van der Waals surface area contributed by atoms with Gasteiger partial charge in [0.1, 0.15) is 0 Å². The van der Waals surface area contributed by atoms with Crippen molar-refractivity contribution in [3.8, 4) is 0 Å². The lowest BCUT2D eigenvalue weighted by molar-refractivity contribution is 0.239. The van der Waals surface area contributed by atoms with Gasteiger partial charge < -0.3 is 4.90 Å². The van der Waals surface area contributed by atoms with Crippen LogP contribution in [0.15, 0.2) is 47.6 Å². The summed E-state index contributed by atoms with van der Waals surface area (Å²) in [6, 6.07) is 8.58. The molecule has 0 atom stereocenters. The zero-order valence-corrected chi connectivity index (χ0v) is 16.9. The van der Waals surface area contributed by atoms with E-state index in [4.69, 9.17) is 0 Å². The number of nitrogens with zero attached hydrogens (tertiary/aromatic N) is 8. The number of benzene rings is 1. The summed E-state index contributed by atoms with van der Waals surface area (Å²) in [6.07, 6.45) is 3.47. The molecule has 4 rings (SSSR count). The predicted octanol–water partition coefficient (Wildman–Crippen LogP) is 0.525. The molecule has 1 aliphatic heterocycles. The molecule has 3 aromatic rings. The van der Waals surface area contributed by atoms with Crippen LogP contribution in [-0.4, -0.2) is 69.7 Å². The molecule has 1 aliphatic rings. The summed E-state index contributed by atoms with van der Waals surface area (Å²) in [5, 5.41) is 11.6. The van der Waals surface area contributed by atoms with E-state index in [2.05, 4.69) is 35.3 Å². The van der Waals surface area contributed by atoms with Crippen molar-refractivity contribution in [2.24, 2.45) is 0 Å². The Morgan fingerprint density at radius 3 is 2.38 bits per heavy atom. The van der Waals surface area contributed by atoms with Crippen LogP contribution < -0.4 is 4.90 Å². The highest BCUT2D eigenvalue weighted by atomic mass is 32.2. The lowest BCUT2D eigenvalue weighted by atomic mass is 10.2. The molecule has 1 aromatic carbocycles. The summed E-state index contributed by atoms with van der Waals surface area (Å²) in [6.45, 7) is 5.55. The summed E-state index contributed by atoms with van der Waals surface area (Å²) in [5.74, 6) is 0.974. The van der Waals surface area contributed by atoms with Gasteiger partial charge in [-0.2, -0.15) is 0 Å². The second kappa shape index (κ2) is 8.21. The maximum atomic E-state index is 12.7. The standard InChI is InChI=1S/C18H22N8O2S/c1-15-3-5-16(6-4-15)29(27,28)14-26-17(21-22-23-26)13-24-9-11-25(12-10-24)18-19-7-2-8-20-18/h2-8H,9-14H2,1H3. The first-order valence-electron chi connectivity index (χ1n) is 9.30. The average Bonchev–Trinajstić information content (AvgIpc) is 3.15. The first-order chi connectivity index (χ1) is 14.0. The lowest BCUT2D eigenvalue weighted by Gasteiger charge is -2.34. The maximum Gasteiger partial charge on any atom is 0.225 e. The Balaban J connectivity index is 1.39. The van der Waals surface area contributed by atoms with E-state index in [9.17, 15) is 8.42 Å². The Kier molecular flexibility index (Phi) is 5.49. The molecular weight excluding hydrogens is 392 g/mol. The molecule has 10 nitrogen and oxygen atoms in total. The zero-order chi connectivity index (χ0) is 20.3. The molecule has 0 amide bonds. The van der Waals surface area contributed by atoms with Crippen LogP contribution in [0.2, 0.25) is 0 Å². The second-order valence-corrected chi connectivity index (χ2v) is 8.92. The molecule has 0 N–H and O–H groups in total. The van der Waals surface area contributed by atoms with Crippen molar-refractivity contribution in [1.29, 1.82) is 0 Å². The van der Waals surface area contributed by atoms with E-state index in [1.165, 1.54) is 4.68 Å². The summed E-state index contributed by atoms with van der Waals surface area (Å²) in [5.41, 5.74) is 1.01. The molecule has 1 saturated heterocycles. The van der Waals surface area contributed by atoms with Crippen molar-refractivity contribution < 1.29 is 8.42 Å². The molecule has 0 radical (unpaired) electrons. The minimum absolute atomic E-state index is 0.265. The first kappa shape index (κ1) is 19.4. The fraction of sp³-hybridized carbons (Fsp3) is 0.389. The number of aryl methyl sites for hydroxylation is 1. The number of hydrogen-bond donors (Lipinski definition) is 0. The molecule has 152 valence electrons. The van der Waals surface area contributed by atoms with Gasteiger partial charge in [0.2, 0.25) is 5.95 Å². The number of aromatic nitrogens is 6. The van der Waals surface area contributed by atoms with Gasteiger partial charge in [-0.15, -0.1) is 5.10 Å². The van der Waals surface area contributed by atoms with Gasteiger partial charge in [0.25, 0.3) is 0 Å².